The first-order valence-electron chi connectivity index (χ1n) is 10.3. The summed E-state index contributed by atoms with van der Waals surface area (Å²) in [5.74, 6) is -0.249. The highest BCUT2D eigenvalue weighted by Crippen LogP contribution is 2.22. The molecule has 0 spiro atoms. The summed E-state index contributed by atoms with van der Waals surface area (Å²) in [5, 5.41) is 3.02. The minimum atomic E-state index is -3.48. The summed E-state index contributed by atoms with van der Waals surface area (Å²) in [6.45, 7) is 8.47. The number of rotatable bonds is 10. The fraction of sp³-hybridized carbons (Fsp3) is 0.435. The van der Waals surface area contributed by atoms with E-state index in [1.165, 1.54) is 16.4 Å². The van der Waals surface area contributed by atoms with Crippen molar-refractivity contribution in [1.82, 2.24) is 9.62 Å². The van der Waals surface area contributed by atoms with Crippen molar-refractivity contribution in [1.29, 1.82) is 0 Å². The Hall–Kier alpha value is -2.25. The third-order valence-electron chi connectivity index (χ3n) is 5.12. The Balaban J connectivity index is 1.99. The van der Waals surface area contributed by atoms with Crippen molar-refractivity contribution in [2.24, 2.45) is 5.92 Å². The minimum Gasteiger partial charge on any atom is -0.349 e. The average molecular weight is 435 g/mol. The number of benzene rings is 2. The number of carbonyl (C=O) groups excluding carboxylic acids is 1. The Bertz CT molecular complexity index is 922. The molecule has 2 aromatic rings. The highest BCUT2D eigenvalue weighted by molar-refractivity contribution is 7.89. The van der Waals surface area contributed by atoms with Crippen LogP contribution in [0, 0.1) is 11.7 Å². The van der Waals surface area contributed by atoms with E-state index in [4.69, 9.17) is 0 Å². The van der Waals surface area contributed by atoms with E-state index < -0.39 is 10.0 Å². The summed E-state index contributed by atoms with van der Waals surface area (Å²) in [7, 11) is -3.48. The predicted molar refractivity (Wildman–Crippen MR) is 117 cm³/mol. The van der Waals surface area contributed by atoms with Crippen LogP contribution in [0.3, 0.4) is 0 Å². The van der Waals surface area contributed by atoms with Crippen LogP contribution in [0.5, 0.6) is 0 Å². The summed E-state index contributed by atoms with van der Waals surface area (Å²) >= 11 is 0. The van der Waals surface area contributed by atoms with Gasteiger partial charge in [0, 0.05) is 19.5 Å². The lowest BCUT2D eigenvalue weighted by atomic mass is 9.95. The van der Waals surface area contributed by atoms with Crippen molar-refractivity contribution in [2.45, 2.75) is 51.5 Å². The van der Waals surface area contributed by atoms with Crippen LogP contribution in [-0.4, -0.2) is 31.7 Å². The number of carbonyl (C=O) groups is 1. The molecule has 0 aliphatic carbocycles. The molecule has 0 bridgehead atoms. The van der Waals surface area contributed by atoms with Crippen LogP contribution in [-0.2, 0) is 21.2 Å². The van der Waals surface area contributed by atoms with Crippen LogP contribution < -0.4 is 5.32 Å². The number of hydrogen-bond donors (Lipinski definition) is 1. The van der Waals surface area contributed by atoms with Crippen LogP contribution in [0.2, 0.25) is 0 Å². The molecule has 0 fully saturated rings. The number of sulfonamides is 1. The number of nitrogens with zero attached hydrogens (tertiary/aromatic N) is 1. The zero-order valence-corrected chi connectivity index (χ0v) is 18.9. The predicted octanol–water partition coefficient (Wildman–Crippen LogP) is 4.30. The normalized spacial score (nSPS) is 12.9. The molecular weight excluding hydrogens is 403 g/mol. The second-order valence-corrected chi connectivity index (χ2v) is 9.51. The molecular formula is C23H31FN2O3S. The second-order valence-electron chi connectivity index (χ2n) is 7.57. The molecule has 5 nitrogen and oxygen atoms in total. The van der Waals surface area contributed by atoms with E-state index in [2.05, 4.69) is 5.32 Å². The molecule has 7 heteroatoms. The molecule has 1 unspecified atom stereocenters. The highest BCUT2D eigenvalue weighted by Gasteiger charge is 2.21. The fourth-order valence-electron chi connectivity index (χ4n) is 3.35. The van der Waals surface area contributed by atoms with Gasteiger partial charge in [-0.2, -0.15) is 4.31 Å². The van der Waals surface area contributed by atoms with Gasteiger partial charge in [-0.3, -0.25) is 4.79 Å². The van der Waals surface area contributed by atoms with Crippen molar-refractivity contribution in [3.05, 3.63) is 65.5 Å². The Morgan fingerprint density at radius 1 is 1.00 bits per heavy atom. The molecule has 1 atom stereocenters. The van der Waals surface area contributed by atoms with E-state index in [1.54, 1.807) is 36.4 Å². The maximum atomic E-state index is 13.2. The van der Waals surface area contributed by atoms with E-state index in [0.717, 1.165) is 11.1 Å². The Morgan fingerprint density at radius 3 is 2.07 bits per heavy atom. The van der Waals surface area contributed by atoms with Crippen molar-refractivity contribution in [3.8, 4) is 0 Å². The molecule has 1 amide bonds. The first-order chi connectivity index (χ1) is 14.2. The SMILES string of the molecule is CCN(CC)S(=O)(=O)c1ccc(CCC(=O)NC(c2ccc(F)cc2)C(C)C)cc1. The maximum absolute atomic E-state index is 13.2. The van der Waals surface area contributed by atoms with Gasteiger partial charge in [-0.1, -0.05) is 52.0 Å². The summed E-state index contributed by atoms with van der Waals surface area (Å²) in [4.78, 5) is 12.7. The van der Waals surface area contributed by atoms with Gasteiger partial charge in [-0.15, -0.1) is 0 Å². The van der Waals surface area contributed by atoms with Crippen molar-refractivity contribution < 1.29 is 17.6 Å². The Labute approximate surface area is 179 Å². The van der Waals surface area contributed by atoms with Crippen LogP contribution >= 0.6 is 0 Å². The number of hydrogen-bond acceptors (Lipinski definition) is 3. The molecule has 0 aliphatic heterocycles. The third kappa shape index (κ3) is 6.12. The summed E-state index contributed by atoms with van der Waals surface area (Å²) < 4.78 is 39.7. The third-order valence-corrected chi connectivity index (χ3v) is 7.18. The van der Waals surface area contributed by atoms with E-state index in [-0.39, 0.29) is 35.0 Å². The number of halogens is 1. The molecule has 0 radical (unpaired) electrons. The van der Waals surface area contributed by atoms with Gasteiger partial charge in [0.15, 0.2) is 0 Å². The van der Waals surface area contributed by atoms with Crippen LogP contribution in [0.15, 0.2) is 53.4 Å². The molecule has 30 heavy (non-hydrogen) atoms. The molecule has 0 saturated carbocycles. The average Bonchev–Trinajstić information content (AvgIpc) is 2.72. The number of aryl methyl sites for hydroxylation is 1. The second kappa shape index (κ2) is 10.7. The molecule has 1 N–H and O–H groups in total. The molecule has 0 aliphatic rings. The minimum absolute atomic E-state index is 0.0992. The monoisotopic (exact) mass is 434 g/mol. The summed E-state index contributed by atoms with van der Waals surface area (Å²) in [6.07, 6.45) is 0.790. The Morgan fingerprint density at radius 2 is 1.57 bits per heavy atom. The molecule has 164 valence electrons. The van der Waals surface area contributed by atoms with E-state index in [9.17, 15) is 17.6 Å². The van der Waals surface area contributed by atoms with Gasteiger partial charge < -0.3 is 5.32 Å². The van der Waals surface area contributed by atoms with E-state index in [1.807, 2.05) is 27.7 Å². The van der Waals surface area contributed by atoms with Crippen molar-refractivity contribution in [2.75, 3.05) is 13.1 Å². The van der Waals surface area contributed by atoms with Crippen LogP contribution in [0.25, 0.3) is 0 Å². The molecule has 0 aromatic heterocycles. The first kappa shape index (κ1) is 24.0. The zero-order valence-electron chi connectivity index (χ0n) is 18.1. The van der Waals surface area contributed by atoms with E-state index in [0.29, 0.717) is 19.5 Å². The highest BCUT2D eigenvalue weighted by atomic mass is 32.2. The molecule has 2 aromatic carbocycles. The lowest BCUT2D eigenvalue weighted by Crippen LogP contribution is -2.32. The van der Waals surface area contributed by atoms with Gasteiger partial charge in [0.05, 0.1) is 10.9 Å². The van der Waals surface area contributed by atoms with Crippen LogP contribution in [0.4, 0.5) is 4.39 Å². The number of amides is 1. The van der Waals surface area contributed by atoms with Gasteiger partial charge in [0.1, 0.15) is 5.82 Å². The lowest BCUT2D eigenvalue weighted by molar-refractivity contribution is -0.122. The molecule has 0 heterocycles. The van der Waals surface area contributed by atoms with Gasteiger partial charge in [-0.05, 0) is 47.7 Å². The standard InChI is InChI=1S/C23H31FN2O3S/c1-5-26(6-2)30(28,29)21-14-7-18(8-15-21)9-16-22(27)25-23(17(3)4)19-10-12-20(24)13-11-19/h7-8,10-15,17,23H,5-6,9,16H2,1-4H3,(H,25,27). The van der Waals surface area contributed by atoms with Gasteiger partial charge in [-0.25, -0.2) is 12.8 Å². The van der Waals surface area contributed by atoms with Gasteiger partial charge >= 0.3 is 0 Å². The maximum Gasteiger partial charge on any atom is 0.243 e. The fourth-order valence-corrected chi connectivity index (χ4v) is 4.81. The number of nitrogens with one attached hydrogen (secondary N) is 1. The lowest BCUT2D eigenvalue weighted by Gasteiger charge is -2.23. The quantitative estimate of drug-likeness (QED) is 0.606. The summed E-state index contributed by atoms with van der Waals surface area (Å²) in [5.41, 5.74) is 1.76. The largest absolute Gasteiger partial charge is 0.349 e. The van der Waals surface area contributed by atoms with Crippen LogP contribution in [0.1, 0.15) is 51.3 Å². The topological polar surface area (TPSA) is 66.5 Å². The zero-order chi connectivity index (χ0) is 22.3. The molecule has 0 saturated heterocycles. The first-order valence-corrected chi connectivity index (χ1v) is 11.8. The molecule has 2 rings (SSSR count). The van der Waals surface area contributed by atoms with Gasteiger partial charge in [0.25, 0.3) is 0 Å². The van der Waals surface area contributed by atoms with Crippen molar-refractivity contribution >= 4 is 15.9 Å². The van der Waals surface area contributed by atoms with Crippen molar-refractivity contribution in [3.63, 3.8) is 0 Å². The van der Waals surface area contributed by atoms with E-state index >= 15 is 0 Å². The van der Waals surface area contributed by atoms with Gasteiger partial charge in [0.2, 0.25) is 15.9 Å². The smallest absolute Gasteiger partial charge is 0.243 e. The summed E-state index contributed by atoms with van der Waals surface area (Å²) in [6, 6.07) is 12.7. The Kier molecular flexibility index (Phi) is 8.55.